The summed E-state index contributed by atoms with van der Waals surface area (Å²) < 4.78 is 20.1. The van der Waals surface area contributed by atoms with Crippen LogP contribution in [-0.4, -0.2) is 19.0 Å². The molecule has 0 unspecified atom stereocenters. The van der Waals surface area contributed by atoms with Crippen molar-refractivity contribution >= 4 is 79.1 Å². The molecule has 32 heavy (non-hydrogen) atoms. The third-order valence-corrected chi connectivity index (χ3v) is 7.59. The minimum absolute atomic E-state index is 0.196. The second-order valence-electron chi connectivity index (χ2n) is 6.76. The molecule has 5 nitrogen and oxygen atoms in total. The van der Waals surface area contributed by atoms with Gasteiger partial charge in [0.15, 0.2) is 17.2 Å². The predicted molar refractivity (Wildman–Crippen MR) is 144 cm³/mol. The van der Waals surface area contributed by atoms with Crippen molar-refractivity contribution in [2.24, 2.45) is 4.99 Å². The summed E-state index contributed by atoms with van der Waals surface area (Å²) in [4.78, 5) is 16.9. The molecule has 0 aromatic heterocycles. The fraction of sp³-hybridized carbons (Fsp3) is 0.0833. The Bertz CT molecular complexity index is 1260. The van der Waals surface area contributed by atoms with Crippen molar-refractivity contribution in [3.8, 4) is 11.5 Å². The monoisotopic (exact) mass is 715 g/mol. The van der Waals surface area contributed by atoms with Gasteiger partial charge in [0.2, 0.25) is 5.90 Å². The summed E-state index contributed by atoms with van der Waals surface area (Å²) in [7, 11) is 1.58. The minimum atomic E-state index is -0.513. The summed E-state index contributed by atoms with van der Waals surface area (Å²) in [6.07, 6.45) is 1.66. The van der Waals surface area contributed by atoms with Crippen LogP contribution in [0.5, 0.6) is 11.5 Å². The maximum absolute atomic E-state index is 12.5. The highest BCUT2D eigenvalue weighted by Crippen LogP contribution is 2.34. The van der Waals surface area contributed by atoms with E-state index in [2.05, 4.69) is 72.2 Å². The van der Waals surface area contributed by atoms with Crippen LogP contribution in [0.4, 0.5) is 0 Å². The van der Waals surface area contributed by atoms with E-state index < -0.39 is 5.97 Å². The van der Waals surface area contributed by atoms with Crippen molar-refractivity contribution in [1.29, 1.82) is 0 Å². The highest BCUT2D eigenvalue weighted by molar-refractivity contribution is 14.1. The van der Waals surface area contributed by atoms with Gasteiger partial charge in [0.25, 0.3) is 0 Å². The molecule has 0 aliphatic carbocycles. The largest absolute Gasteiger partial charge is 0.493 e. The van der Waals surface area contributed by atoms with Gasteiger partial charge in [0.05, 0.1) is 7.11 Å². The lowest BCUT2D eigenvalue weighted by Crippen LogP contribution is -2.05. The molecule has 0 fully saturated rings. The normalized spacial score (nSPS) is 14.3. The molecule has 0 amide bonds. The zero-order valence-corrected chi connectivity index (χ0v) is 22.7. The second kappa shape index (κ2) is 10.3. The number of carbonyl (C=O) groups is 1. The number of methoxy groups -OCH3 is 1. The van der Waals surface area contributed by atoms with E-state index in [-0.39, 0.29) is 11.6 Å². The van der Waals surface area contributed by atoms with Crippen LogP contribution in [0.25, 0.3) is 6.08 Å². The second-order valence-corrected chi connectivity index (χ2v) is 10.0. The number of esters is 1. The number of cyclic esters (lactones) is 1. The SMILES string of the molecule is COc1cccc(/C=C2\N=C(c3ccc(I)c(Br)c3)OC2=O)c1OCc1cccc(I)c1. The standard InChI is InChI=1S/C24H16BrI2NO4/c1-30-21-7-3-5-15(22(21)31-13-14-4-2-6-17(26)10-14)12-20-24(29)32-23(28-20)16-8-9-19(27)18(25)11-16/h2-12H,13H2,1H3/b20-12-. The molecule has 0 spiro atoms. The number of nitrogens with zero attached hydrogens (tertiary/aromatic N) is 1. The Labute approximate surface area is 221 Å². The van der Waals surface area contributed by atoms with Crippen LogP contribution >= 0.6 is 61.1 Å². The first-order chi connectivity index (χ1) is 15.4. The van der Waals surface area contributed by atoms with E-state index in [9.17, 15) is 4.79 Å². The summed E-state index contributed by atoms with van der Waals surface area (Å²) in [5.74, 6) is 0.862. The van der Waals surface area contributed by atoms with E-state index >= 15 is 0 Å². The summed E-state index contributed by atoms with van der Waals surface area (Å²) in [6.45, 7) is 0.364. The first kappa shape index (κ1) is 23.2. The number of rotatable bonds is 6. The molecule has 0 atom stereocenters. The third-order valence-electron chi connectivity index (χ3n) is 4.58. The summed E-state index contributed by atoms with van der Waals surface area (Å²) >= 11 is 7.98. The Balaban J connectivity index is 1.66. The zero-order chi connectivity index (χ0) is 22.7. The van der Waals surface area contributed by atoms with Gasteiger partial charge in [-0.1, -0.05) is 24.3 Å². The number of halogens is 3. The zero-order valence-electron chi connectivity index (χ0n) is 16.8. The lowest BCUT2D eigenvalue weighted by Gasteiger charge is -2.13. The average molecular weight is 716 g/mol. The van der Waals surface area contributed by atoms with Crippen LogP contribution in [0.1, 0.15) is 16.7 Å². The number of hydrogen-bond acceptors (Lipinski definition) is 5. The number of ether oxygens (including phenoxy) is 3. The Morgan fingerprint density at radius 1 is 1.09 bits per heavy atom. The first-order valence-electron chi connectivity index (χ1n) is 9.47. The summed E-state index contributed by atoms with van der Waals surface area (Å²) in [5.41, 5.74) is 2.62. The van der Waals surface area contributed by atoms with Crippen molar-refractivity contribution in [2.75, 3.05) is 7.11 Å². The lowest BCUT2D eigenvalue weighted by atomic mass is 10.1. The van der Waals surface area contributed by atoms with Crippen molar-refractivity contribution in [3.63, 3.8) is 0 Å². The molecule has 1 aliphatic rings. The van der Waals surface area contributed by atoms with Gasteiger partial charge < -0.3 is 14.2 Å². The highest BCUT2D eigenvalue weighted by Gasteiger charge is 2.25. The highest BCUT2D eigenvalue weighted by atomic mass is 127. The molecule has 3 aromatic rings. The Hall–Kier alpha value is -1.92. The van der Waals surface area contributed by atoms with Gasteiger partial charge in [-0.05, 0) is 109 Å². The van der Waals surface area contributed by atoms with Crippen molar-refractivity contribution < 1.29 is 19.0 Å². The maximum atomic E-state index is 12.5. The maximum Gasteiger partial charge on any atom is 0.363 e. The smallest absolute Gasteiger partial charge is 0.363 e. The predicted octanol–water partition coefficient (Wildman–Crippen LogP) is 6.59. The number of para-hydroxylation sites is 1. The molecular formula is C24H16BrI2NO4. The van der Waals surface area contributed by atoms with Crippen molar-refractivity contribution in [2.45, 2.75) is 6.61 Å². The van der Waals surface area contributed by atoms with E-state index in [0.29, 0.717) is 23.7 Å². The van der Waals surface area contributed by atoms with E-state index in [0.717, 1.165) is 22.7 Å². The van der Waals surface area contributed by atoms with Crippen LogP contribution in [0, 0.1) is 7.14 Å². The molecule has 8 heteroatoms. The molecular weight excluding hydrogens is 700 g/mol. The molecule has 1 aliphatic heterocycles. The topological polar surface area (TPSA) is 57.1 Å². The van der Waals surface area contributed by atoms with Gasteiger partial charge in [-0.15, -0.1) is 0 Å². The van der Waals surface area contributed by atoms with Crippen LogP contribution < -0.4 is 9.47 Å². The van der Waals surface area contributed by atoms with Crippen LogP contribution in [0.2, 0.25) is 0 Å². The van der Waals surface area contributed by atoms with Gasteiger partial charge in [0, 0.05) is 22.7 Å². The van der Waals surface area contributed by atoms with Crippen LogP contribution in [0.15, 0.2) is 75.8 Å². The molecule has 1 heterocycles. The fourth-order valence-corrected chi connectivity index (χ4v) is 4.37. The molecule has 3 aromatic carbocycles. The number of carbonyl (C=O) groups excluding carboxylic acids is 1. The fourth-order valence-electron chi connectivity index (χ4n) is 3.05. The summed E-state index contributed by atoms with van der Waals surface area (Å²) in [5, 5.41) is 0. The number of aliphatic imine (C=N–C) groups is 1. The number of benzene rings is 3. The molecule has 0 saturated heterocycles. The van der Waals surface area contributed by atoms with E-state index in [4.69, 9.17) is 14.2 Å². The van der Waals surface area contributed by atoms with E-state index in [1.54, 1.807) is 13.2 Å². The first-order valence-corrected chi connectivity index (χ1v) is 12.4. The Morgan fingerprint density at radius 2 is 1.91 bits per heavy atom. The summed E-state index contributed by atoms with van der Waals surface area (Å²) in [6, 6.07) is 19.2. The van der Waals surface area contributed by atoms with E-state index in [1.807, 2.05) is 54.6 Å². The van der Waals surface area contributed by atoms with Crippen molar-refractivity contribution in [3.05, 3.63) is 94.7 Å². The molecule has 0 radical (unpaired) electrons. The van der Waals surface area contributed by atoms with Crippen LogP contribution in [0.3, 0.4) is 0 Å². The van der Waals surface area contributed by atoms with Gasteiger partial charge in [-0.25, -0.2) is 9.79 Å². The van der Waals surface area contributed by atoms with Crippen molar-refractivity contribution in [1.82, 2.24) is 0 Å². The Morgan fingerprint density at radius 3 is 2.66 bits per heavy atom. The molecule has 4 rings (SSSR count). The molecule has 0 bridgehead atoms. The molecule has 162 valence electrons. The lowest BCUT2D eigenvalue weighted by molar-refractivity contribution is -0.129. The van der Waals surface area contributed by atoms with Gasteiger partial charge >= 0.3 is 5.97 Å². The minimum Gasteiger partial charge on any atom is -0.493 e. The van der Waals surface area contributed by atoms with Gasteiger partial charge in [0.1, 0.15) is 6.61 Å². The van der Waals surface area contributed by atoms with Gasteiger partial charge in [-0.3, -0.25) is 0 Å². The quantitative estimate of drug-likeness (QED) is 0.164. The molecule has 0 saturated carbocycles. The van der Waals surface area contributed by atoms with E-state index in [1.165, 1.54) is 0 Å². The van der Waals surface area contributed by atoms with Crippen LogP contribution in [-0.2, 0) is 16.1 Å². The third kappa shape index (κ3) is 5.34. The molecule has 0 N–H and O–H groups in total. The average Bonchev–Trinajstić information content (AvgIpc) is 3.14. The number of hydrogen-bond donors (Lipinski definition) is 0. The Kier molecular flexibility index (Phi) is 7.51. The van der Waals surface area contributed by atoms with Gasteiger partial charge in [-0.2, -0.15) is 0 Å².